The van der Waals surface area contributed by atoms with Crippen LogP contribution in [0, 0.1) is 0 Å². The van der Waals surface area contributed by atoms with E-state index >= 15 is 0 Å². The zero-order chi connectivity index (χ0) is 15.0. The summed E-state index contributed by atoms with van der Waals surface area (Å²) in [6.07, 6.45) is -2.17. The van der Waals surface area contributed by atoms with E-state index in [4.69, 9.17) is 26.2 Å². The van der Waals surface area contributed by atoms with Gasteiger partial charge in [-0.25, -0.2) is 4.79 Å². The number of hydrogen-bond donors (Lipinski definition) is 1. The Morgan fingerprint density at radius 1 is 1.43 bits per heavy atom. The van der Waals surface area contributed by atoms with Crippen molar-refractivity contribution in [3.8, 4) is 5.75 Å². The van der Waals surface area contributed by atoms with Gasteiger partial charge in [0.25, 0.3) is 0 Å². The van der Waals surface area contributed by atoms with Crippen LogP contribution in [0.1, 0.15) is 26.9 Å². The van der Waals surface area contributed by atoms with Crippen LogP contribution in [0.4, 0.5) is 4.79 Å². The average Bonchev–Trinajstić information content (AvgIpc) is 3.07. The van der Waals surface area contributed by atoms with Crippen LogP contribution >= 0.6 is 22.9 Å². The van der Waals surface area contributed by atoms with Crippen molar-refractivity contribution in [2.45, 2.75) is 6.10 Å². The average molecular weight is 325 g/mol. The predicted molar refractivity (Wildman–Crippen MR) is 76.5 cm³/mol. The fourth-order valence-corrected chi connectivity index (χ4v) is 3.10. The van der Waals surface area contributed by atoms with Gasteiger partial charge in [-0.3, -0.25) is 4.79 Å². The normalized spacial score (nSPS) is 16.1. The van der Waals surface area contributed by atoms with Crippen LogP contribution in [0.3, 0.4) is 0 Å². The van der Waals surface area contributed by atoms with E-state index in [0.717, 1.165) is 0 Å². The smallest absolute Gasteiger partial charge is 0.488 e. The summed E-state index contributed by atoms with van der Waals surface area (Å²) in [5.41, 5.74) is 0.793. The topological polar surface area (TPSA) is 72.8 Å². The second-order valence-electron chi connectivity index (χ2n) is 4.36. The van der Waals surface area contributed by atoms with E-state index in [2.05, 4.69) is 0 Å². The van der Waals surface area contributed by atoms with Gasteiger partial charge in [-0.1, -0.05) is 17.7 Å². The maximum Gasteiger partial charge on any atom is 0.506 e. The quantitative estimate of drug-likeness (QED) is 0.687. The number of hydrogen-bond acceptors (Lipinski definition) is 5. The molecule has 1 atom stereocenters. The van der Waals surface area contributed by atoms with E-state index in [1.165, 1.54) is 17.4 Å². The molecule has 1 aliphatic rings. The van der Waals surface area contributed by atoms with Gasteiger partial charge in [-0.05, 0) is 23.6 Å². The number of thiophene rings is 1. The maximum absolute atomic E-state index is 12.5. The summed E-state index contributed by atoms with van der Waals surface area (Å²) in [4.78, 5) is 23.7. The van der Waals surface area contributed by atoms with Crippen molar-refractivity contribution in [1.82, 2.24) is 0 Å². The number of carboxylic acid groups (broad SMARTS) is 1. The Hall–Kier alpha value is -2.05. The van der Waals surface area contributed by atoms with Crippen LogP contribution in [0.2, 0.25) is 5.02 Å². The molecule has 1 unspecified atom stereocenters. The molecule has 1 aromatic heterocycles. The van der Waals surface area contributed by atoms with E-state index < -0.39 is 12.3 Å². The van der Waals surface area contributed by atoms with E-state index in [1.807, 2.05) is 0 Å². The minimum atomic E-state index is -1.40. The van der Waals surface area contributed by atoms with Crippen molar-refractivity contribution < 1.29 is 24.2 Å². The number of ether oxygens (including phenoxy) is 2. The standard InChI is InChI=1S/C14H9ClO5S/c15-7-4-8-10(20-14(17)18)6-19-13(8)9(5-7)12(16)11-2-1-3-21-11/h1-5,10H,6H2,(H,17,18). The third-order valence-corrected chi connectivity index (χ3v) is 4.13. The van der Waals surface area contributed by atoms with Crippen molar-refractivity contribution in [1.29, 1.82) is 0 Å². The van der Waals surface area contributed by atoms with Gasteiger partial charge in [0.1, 0.15) is 12.4 Å². The van der Waals surface area contributed by atoms with Gasteiger partial charge < -0.3 is 14.6 Å². The SMILES string of the molecule is O=C(O)OC1COc2c(C(=O)c3cccs3)cc(Cl)cc21. The Morgan fingerprint density at radius 2 is 2.24 bits per heavy atom. The summed E-state index contributed by atoms with van der Waals surface area (Å²) in [7, 11) is 0. The number of rotatable bonds is 3. The summed E-state index contributed by atoms with van der Waals surface area (Å²) in [5, 5.41) is 10.9. The van der Waals surface area contributed by atoms with Crippen LogP contribution in [0.5, 0.6) is 5.75 Å². The van der Waals surface area contributed by atoms with Gasteiger partial charge >= 0.3 is 6.16 Å². The minimum Gasteiger partial charge on any atom is -0.488 e. The van der Waals surface area contributed by atoms with Gasteiger partial charge in [-0.2, -0.15) is 0 Å². The van der Waals surface area contributed by atoms with Crippen LogP contribution in [0.25, 0.3) is 0 Å². The lowest BCUT2D eigenvalue weighted by Gasteiger charge is -2.09. The molecule has 0 saturated carbocycles. The lowest BCUT2D eigenvalue weighted by atomic mass is 10.0. The summed E-state index contributed by atoms with van der Waals surface area (Å²) in [5.74, 6) is 0.128. The summed E-state index contributed by atoms with van der Waals surface area (Å²) in [6.45, 7) is 0.0344. The lowest BCUT2D eigenvalue weighted by Crippen LogP contribution is -2.10. The highest BCUT2D eigenvalue weighted by Crippen LogP contribution is 2.40. The van der Waals surface area contributed by atoms with Crippen LogP contribution < -0.4 is 4.74 Å². The Kier molecular flexibility index (Phi) is 3.57. The highest BCUT2D eigenvalue weighted by atomic mass is 35.5. The molecule has 1 aliphatic heterocycles. The molecule has 0 radical (unpaired) electrons. The van der Waals surface area contributed by atoms with Crippen LogP contribution in [-0.2, 0) is 4.74 Å². The van der Waals surface area contributed by atoms with Gasteiger partial charge in [0, 0.05) is 10.6 Å². The van der Waals surface area contributed by atoms with Gasteiger partial charge in [0.05, 0.1) is 10.4 Å². The molecule has 0 saturated heterocycles. The minimum absolute atomic E-state index is 0.0344. The molecular weight excluding hydrogens is 316 g/mol. The van der Waals surface area contributed by atoms with Gasteiger partial charge in [-0.15, -0.1) is 11.3 Å². The van der Waals surface area contributed by atoms with Crippen molar-refractivity contribution >= 4 is 34.9 Å². The molecule has 0 amide bonds. The number of benzene rings is 1. The largest absolute Gasteiger partial charge is 0.506 e. The van der Waals surface area contributed by atoms with Crippen molar-refractivity contribution in [3.63, 3.8) is 0 Å². The Bertz CT molecular complexity index is 710. The molecule has 0 fully saturated rings. The molecule has 3 rings (SSSR count). The van der Waals surface area contributed by atoms with Crippen molar-refractivity contribution in [3.05, 3.63) is 50.7 Å². The molecule has 0 spiro atoms. The third-order valence-electron chi connectivity index (χ3n) is 3.04. The molecule has 108 valence electrons. The predicted octanol–water partition coefficient (Wildman–Crippen LogP) is 3.76. The van der Waals surface area contributed by atoms with Crippen LogP contribution in [-0.4, -0.2) is 23.7 Å². The zero-order valence-electron chi connectivity index (χ0n) is 10.5. The molecule has 21 heavy (non-hydrogen) atoms. The number of carbonyl (C=O) groups is 2. The molecule has 0 aliphatic carbocycles. The Balaban J connectivity index is 2.04. The van der Waals surface area contributed by atoms with Crippen molar-refractivity contribution in [2.24, 2.45) is 0 Å². The molecule has 1 aromatic carbocycles. The third kappa shape index (κ3) is 2.59. The molecular formula is C14H9ClO5S. The van der Waals surface area contributed by atoms with E-state index in [9.17, 15) is 9.59 Å². The number of carbonyl (C=O) groups excluding carboxylic acids is 1. The fourth-order valence-electron chi connectivity index (χ4n) is 2.19. The monoisotopic (exact) mass is 324 g/mol. The highest BCUT2D eigenvalue weighted by molar-refractivity contribution is 7.12. The Labute approximate surface area is 128 Å². The molecule has 7 heteroatoms. The van der Waals surface area contributed by atoms with E-state index in [-0.39, 0.29) is 12.4 Å². The molecule has 2 heterocycles. The second-order valence-corrected chi connectivity index (χ2v) is 5.75. The number of halogens is 1. The first-order chi connectivity index (χ1) is 10.1. The fraction of sp³-hybridized carbons (Fsp3) is 0.143. The molecule has 5 nitrogen and oxygen atoms in total. The molecule has 2 aromatic rings. The van der Waals surface area contributed by atoms with Gasteiger partial charge in [0.2, 0.25) is 5.78 Å². The highest BCUT2D eigenvalue weighted by Gasteiger charge is 2.32. The lowest BCUT2D eigenvalue weighted by molar-refractivity contribution is 0.0419. The Morgan fingerprint density at radius 3 is 2.90 bits per heavy atom. The first kappa shape index (κ1) is 13.9. The van der Waals surface area contributed by atoms with E-state index in [0.29, 0.717) is 26.8 Å². The molecule has 0 bridgehead atoms. The van der Waals surface area contributed by atoms with Crippen LogP contribution in [0.15, 0.2) is 29.6 Å². The summed E-state index contributed by atoms with van der Waals surface area (Å²) < 4.78 is 10.2. The number of ketones is 1. The number of fused-ring (bicyclic) bond motifs is 1. The molecule has 1 N–H and O–H groups in total. The maximum atomic E-state index is 12.5. The zero-order valence-corrected chi connectivity index (χ0v) is 12.1. The second kappa shape index (κ2) is 5.38. The first-order valence-electron chi connectivity index (χ1n) is 6.00. The van der Waals surface area contributed by atoms with Gasteiger partial charge in [0.15, 0.2) is 6.10 Å². The summed E-state index contributed by atoms with van der Waals surface area (Å²) in [6, 6.07) is 6.56. The van der Waals surface area contributed by atoms with Crippen molar-refractivity contribution in [2.75, 3.05) is 6.61 Å². The summed E-state index contributed by atoms with van der Waals surface area (Å²) >= 11 is 7.34. The van der Waals surface area contributed by atoms with E-state index in [1.54, 1.807) is 23.6 Å². The first-order valence-corrected chi connectivity index (χ1v) is 7.26.